The van der Waals surface area contributed by atoms with Gasteiger partial charge in [0, 0.05) is 34.9 Å². The lowest BCUT2D eigenvalue weighted by Crippen LogP contribution is -1.87. The Balaban J connectivity index is 0.000000861. The van der Waals surface area contributed by atoms with E-state index < -0.39 is 0 Å². The molecule has 2 aromatic rings. The lowest BCUT2D eigenvalue weighted by molar-refractivity contribution is 0.982. The molecule has 0 amide bonds. The molecule has 100 valence electrons. The minimum Gasteiger partial charge on any atom is -0.361 e. The second kappa shape index (κ2) is 8.33. The van der Waals surface area contributed by atoms with E-state index in [4.69, 9.17) is 11.6 Å². The number of aromatic nitrogens is 1. The Kier molecular flexibility index (Phi) is 6.69. The first-order chi connectivity index (χ1) is 9.31. The van der Waals surface area contributed by atoms with Crippen LogP contribution in [0.25, 0.3) is 10.9 Å². The molecule has 0 unspecified atom stereocenters. The highest BCUT2D eigenvalue weighted by Gasteiger charge is 2.03. The Morgan fingerprint density at radius 2 is 2.16 bits per heavy atom. The minimum atomic E-state index is 0.774. The van der Waals surface area contributed by atoms with Gasteiger partial charge in [-0.1, -0.05) is 17.7 Å². The fraction of sp³-hybridized carbons (Fsp3) is 0.188. The van der Waals surface area contributed by atoms with Gasteiger partial charge in [0.05, 0.1) is 0 Å². The SMILES string of the molecule is C/C=C\C=NCCc1c[nH]c2ccc(Cl)cc12.C=C. The van der Waals surface area contributed by atoms with Crippen LogP contribution in [0, 0.1) is 0 Å². The topological polar surface area (TPSA) is 28.1 Å². The predicted octanol–water partition coefficient (Wildman–Crippen LogP) is 4.81. The summed E-state index contributed by atoms with van der Waals surface area (Å²) in [6.07, 6.45) is 8.70. The van der Waals surface area contributed by atoms with E-state index in [9.17, 15) is 0 Å². The number of rotatable bonds is 4. The van der Waals surface area contributed by atoms with Crippen molar-refractivity contribution in [2.45, 2.75) is 13.3 Å². The quantitative estimate of drug-likeness (QED) is 0.612. The largest absolute Gasteiger partial charge is 0.361 e. The fourth-order valence-corrected chi connectivity index (χ4v) is 1.94. The first-order valence-corrected chi connectivity index (χ1v) is 6.55. The second-order valence-electron chi connectivity index (χ2n) is 3.83. The highest BCUT2D eigenvalue weighted by molar-refractivity contribution is 6.31. The van der Waals surface area contributed by atoms with Gasteiger partial charge in [-0.3, -0.25) is 4.99 Å². The van der Waals surface area contributed by atoms with E-state index in [-0.39, 0.29) is 0 Å². The lowest BCUT2D eigenvalue weighted by Gasteiger charge is -1.96. The van der Waals surface area contributed by atoms with E-state index in [0.717, 1.165) is 23.5 Å². The van der Waals surface area contributed by atoms with Gasteiger partial charge in [0.1, 0.15) is 0 Å². The van der Waals surface area contributed by atoms with Gasteiger partial charge in [0.2, 0.25) is 0 Å². The normalized spacial score (nSPS) is 11.1. The standard InChI is InChI=1S/C14H15ClN2.C2H4/c1-2-3-7-16-8-6-11-10-17-14-5-4-12(15)9-13(11)14;1-2/h2-5,7,9-10,17H,6,8H2,1H3;1-2H2/b3-2-,16-7?;. The summed E-state index contributed by atoms with van der Waals surface area (Å²) in [6, 6.07) is 5.90. The number of halogens is 1. The fourth-order valence-electron chi connectivity index (χ4n) is 1.76. The second-order valence-corrected chi connectivity index (χ2v) is 4.27. The van der Waals surface area contributed by atoms with E-state index in [0.29, 0.717) is 0 Å². The Morgan fingerprint density at radius 1 is 1.37 bits per heavy atom. The highest BCUT2D eigenvalue weighted by atomic mass is 35.5. The van der Waals surface area contributed by atoms with Gasteiger partial charge in [-0.05, 0) is 43.2 Å². The molecule has 0 bridgehead atoms. The number of hydrogen-bond acceptors (Lipinski definition) is 1. The average molecular weight is 275 g/mol. The van der Waals surface area contributed by atoms with Gasteiger partial charge < -0.3 is 4.98 Å². The maximum Gasteiger partial charge on any atom is 0.0457 e. The van der Waals surface area contributed by atoms with Crippen LogP contribution in [0.2, 0.25) is 5.02 Å². The summed E-state index contributed by atoms with van der Waals surface area (Å²) in [6.45, 7) is 8.78. The number of nitrogens with zero attached hydrogens (tertiary/aromatic N) is 1. The van der Waals surface area contributed by atoms with Crippen molar-refractivity contribution < 1.29 is 0 Å². The molecule has 0 spiro atoms. The first-order valence-electron chi connectivity index (χ1n) is 6.18. The molecule has 1 aromatic carbocycles. The Labute approximate surface area is 119 Å². The van der Waals surface area contributed by atoms with Gasteiger partial charge in [-0.15, -0.1) is 13.2 Å². The van der Waals surface area contributed by atoms with Crippen molar-refractivity contribution in [3.8, 4) is 0 Å². The van der Waals surface area contributed by atoms with Crippen LogP contribution in [0.1, 0.15) is 12.5 Å². The molecule has 0 fully saturated rings. The third-order valence-electron chi connectivity index (χ3n) is 2.62. The number of aromatic amines is 1. The van der Waals surface area contributed by atoms with E-state index in [1.54, 1.807) is 0 Å². The molecule has 1 N–H and O–H groups in total. The zero-order valence-electron chi connectivity index (χ0n) is 11.2. The van der Waals surface area contributed by atoms with Crippen molar-refractivity contribution in [1.82, 2.24) is 4.98 Å². The first kappa shape index (κ1) is 15.3. The van der Waals surface area contributed by atoms with Gasteiger partial charge in [0.25, 0.3) is 0 Å². The molecule has 2 rings (SSSR count). The summed E-state index contributed by atoms with van der Waals surface area (Å²) < 4.78 is 0. The number of hydrogen-bond donors (Lipinski definition) is 1. The molecule has 1 heterocycles. The number of H-pyrrole nitrogens is 1. The van der Waals surface area contributed by atoms with Gasteiger partial charge in [-0.2, -0.15) is 0 Å². The third kappa shape index (κ3) is 4.42. The summed E-state index contributed by atoms with van der Waals surface area (Å²) in [5, 5.41) is 1.97. The molecule has 3 heteroatoms. The van der Waals surface area contributed by atoms with Crippen LogP contribution >= 0.6 is 11.6 Å². The van der Waals surface area contributed by atoms with Crippen LogP contribution in [0.3, 0.4) is 0 Å². The summed E-state index contributed by atoms with van der Waals surface area (Å²) in [5.74, 6) is 0. The molecule has 1 aromatic heterocycles. The molecule has 0 aliphatic rings. The number of fused-ring (bicyclic) bond motifs is 1. The monoisotopic (exact) mass is 274 g/mol. The van der Waals surface area contributed by atoms with E-state index in [1.165, 1.54) is 10.9 Å². The van der Waals surface area contributed by atoms with Crippen LogP contribution in [0.15, 0.2) is 54.7 Å². The van der Waals surface area contributed by atoms with Crippen LogP contribution in [0.5, 0.6) is 0 Å². The van der Waals surface area contributed by atoms with Crippen molar-refractivity contribution in [2.75, 3.05) is 6.54 Å². The molecular weight excluding hydrogens is 256 g/mol. The zero-order valence-corrected chi connectivity index (χ0v) is 12.0. The molecule has 2 nitrogen and oxygen atoms in total. The molecule has 0 atom stereocenters. The third-order valence-corrected chi connectivity index (χ3v) is 2.86. The molecule has 0 radical (unpaired) electrons. The number of nitrogens with one attached hydrogen (secondary N) is 1. The van der Waals surface area contributed by atoms with Crippen molar-refractivity contribution >= 4 is 28.7 Å². The van der Waals surface area contributed by atoms with Crippen molar-refractivity contribution in [1.29, 1.82) is 0 Å². The Hall–Kier alpha value is -1.80. The minimum absolute atomic E-state index is 0.774. The summed E-state index contributed by atoms with van der Waals surface area (Å²) in [7, 11) is 0. The average Bonchev–Trinajstić information content (AvgIpc) is 2.83. The molecular formula is C16H19ClN2. The smallest absolute Gasteiger partial charge is 0.0457 e. The zero-order chi connectivity index (χ0) is 14.1. The Bertz CT molecular complexity index is 567. The van der Waals surface area contributed by atoms with Crippen molar-refractivity contribution in [2.24, 2.45) is 4.99 Å². The summed E-state index contributed by atoms with van der Waals surface area (Å²) >= 11 is 6.00. The van der Waals surface area contributed by atoms with Crippen molar-refractivity contribution in [3.63, 3.8) is 0 Å². The number of aliphatic imine (C=N–C) groups is 1. The van der Waals surface area contributed by atoms with Crippen LogP contribution in [-0.2, 0) is 6.42 Å². The van der Waals surface area contributed by atoms with E-state index in [1.807, 2.05) is 49.7 Å². The maximum absolute atomic E-state index is 6.00. The highest BCUT2D eigenvalue weighted by Crippen LogP contribution is 2.22. The van der Waals surface area contributed by atoms with Crippen LogP contribution < -0.4 is 0 Å². The molecule has 0 aliphatic heterocycles. The number of benzene rings is 1. The molecule has 0 saturated heterocycles. The van der Waals surface area contributed by atoms with Gasteiger partial charge in [0.15, 0.2) is 0 Å². The number of allylic oxidation sites excluding steroid dienone is 2. The molecule has 19 heavy (non-hydrogen) atoms. The van der Waals surface area contributed by atoms with Crippen LogP contribution in [0.4, 0.5) is 0 Å². The van der Waals surface area contributed by atoms with E-state index in [2.05, 4.69) is 23.1 Å². The lowest BCUT2D eigenvalue weighted by atomic mass is 10.1. The van der Waals surface area contributed by atoms with Gasteiger partial charge >= 0.3 is 0 Å². The Morgan fingerprint density at radius 3 is 2.89 bits per heavy atom. The molecule has 0 aliphatic carbocycles. The maximum atomic E-state index is 6.00. The summed E-state index contributed by atoms with van der Waals surface area (Å²) in [4.78, 5) is 7.55. The van der Waals surface area contributed by atoms with E-state index >= 15 is 0 Å². The predicted molar refractivity (Wildman–Crippen MR) is 86.4 cm³/mol. The molecule has 0 saturated carbocycles. The van der Waals surface area contributed by atoms with Crippen molar-refractivity contribution in [3.05, 3.63) is 60.3 Å². The summed E-state index contributed by atoms with van der Waals surface area (Å²) in [5.41, 5.74) is 2.39. The van der Waals surface area contributed by atoms with Gasteiger partial charge in [-0.25, -0.2) is 0 Å². The van der Waals surface area contributed by atoms with Crippen LogP contribution in [-0.4, -0.2) is 17.7 Å².